The molecule has 0 unspecified atom stereocenters. The Hall–Kier alpha value is -2.96. The summed E-state index contributed by atoms with van der Waals surface area (Å²) >= 11 is 0. The van der Waals surface area contributed by atoms with Gasteiger partial charge in [0.05, 0.1) is 18.4 Å². The molecule has 0 aliphatic rings. The van der Waals surface area contributed by atoms with Gasteiger partial charge in [0.25, 0.3) is 5.91 Å². The summed E-state index contributed by atoms with van der Waals surface area (Å²) in [4.78, 5) is 32.9. The third kappa shape index (κ3) is 5.00. The van der Waals surface area contributed by atoms with Gasteiger partial charge in [-0.25, -0.2) is 14.8 Å². The van der Waals surface area contributed by atoms with Gasteiger partial charge in [0, 0.05) is 12.2 Å². The van der Waals surface area contributed by atoms with Crippen LogP contribution in [-0.4, -0.2) is 35.5 Å². The van der Waals surface area contributed by atoms with Gasteiger partial charge < -0.3 is 15.4 Å². The molecule has 0 bridgehead atoms. The highest BCUT2D eigenvalue weighted by atomic mass is 16.5. The molecule has 25 heavy (non-hydrogen) atoms. The van der Waals surface area contributed by atoms with E-state index in [4.69, 9.17) is 4.74 Å². The maximum absolute atomic E-state index is 12.5. The first-order valence-electron chi connectivity index (χ1n) is 8.13. The van der Waals surface area contributed by atoms with Crippen LogP contribution in [0.2, 0.25) is 0 Å². The van der Waals surface area contributed by atoms with Crippen molar-refractivity contribution < 1.29 is 14.3 Å². The minimum Gasteiger partial charge on any atom is -0.465 e. The molecule has 7 heteroatoms. The predicted molar refractivity (Wildman–Crippen MR) is 95.9 cm³/mol. The summed E-state index contributed by atoms with van der Waals surface area (Å²) in [5.41, 5.74) is 1.56. The van der Waals surface area contributed by atoms with E-state index in [9.17, 15) is 9.59 Å². The highest BCUT2D eigenvalue weighted by Crippen LogP contribution is 2.17. The van der Waals surface area contributed by atoms with Crippen LogP contribution in [-0.2, 0) is 4.74 Å². The highest BCUT2D eigenvalue weighted by molar-refractivity contribution is 6.07. The van der Waals surface area contributed by atoms with Crippen molar-refractivity contribution in [3.63, 3.8) is 0 Å². The Bertz CT molecular complexity index is 762. The number of aromatic nitrogens is 2. The van der Waals surface area contributed by atoms with E-state index in [1.165, 1.54) is 7.11 Å². The summed E-state index contributed by atoms with van der Waals surface area (Å²) in [5.74, 6) is -0.517. The third-order valence-electron chi connectivity index (χ3n) is 3.48. The minimum absolute atomic E-state index is 0.228. The molecule has 1 aromatic heterocycles. The van der Waals surface area contributed by atoms with Crippen LogP contribution >= 0.6 is 0 Å². The smallest absolute Gasteiger partial charge is 0.339 e. The van der Waals surface area contributed by atoms with Crippen molar-refractivity contribution in [3.05, 3.63) is 47.3 Å². The topological polar surface area (TPSA) is 93.2 Å². The molecule has 2 N–H and O–H groups in total. The molecule has 0 spiro atoms. The number of rotatable bonds is 7. The Kier molecular flexibility index (Phi) is 6.45. The Labute approximate surface area is 146 Å². The number of hydrogen-bond donors (Lipinski definition) is 2. The van der Waals surface area contributed by atoms with Crippen molar-refractivity contribution in [2.24, 2.45) is 0 Å². The molecular formula is C18H22N4O3. The Morgan fingerprint density at radius 1 is 1.20 bits per heavy atom. The number of anilines is 2. The first-order valence-corrected chi connectivity index (χ1v) is 8.13. The van der Waals surface area contributed by atoms with Crippen LogP contribution in [0.4, 0.5) is 11.6 Å². The number of carbonyl (C=O) groups is 2. The number of ether oxygens (including phenoxy) is 1. The number of methoxy groups -OCH3 is 1. The quantitative estimate of drug-likeness (QED) is 0.593. The molecule has 0 aliphatic heterocycles. The molecule has 0 saturated heterocycles. The van der Waals surface area contributed by atoms with Crippen LogP contribution in [0.5, 0.6) is 0 Å². The zero-order chi connectivity index (χ0) is 18.2. The summed E-state index contributed by atoms with van der Waals surface area (Å²) < 4.78 is 4.73. The summed E-state index contributed by atoms with van der Waals surface area (Å²) in [6, 6.07) is 8.25. The lowest BCUT2D eigenvalue weighted by atomic mass is 10.1. The van der Waals surface area contributed by atoms with Gasteiger partial charge >= 0.3 is 5.97 Å². The molecule has 0 aliphatic carbocycles. The number of esters is 1. The maximum Gasteiger partial charge on any atom is 0.339 e. The molecule has 7 nitrogen and oxygen atoms in total. The van der Waals surface area contributed by atoms with Crippen molar-refractivity contribution in [1.29, 1.82) is 0 Å². The van der Waals surface area contributed by atoms with Crippen molar-refractivity contribution >= 4 is 23.5 Å². The second-order valence-electron chi connectivity index (χ2n) is 5.49. The van der Waals surface area contributed by atoms with E-state index in [1.54, 1.807) is 37.3 Å². The zero-order valence-electron chi connectivity index (χ0n) is 14.6. The van der Waals surface area contributed by atoms with Crippen LogP contribution in [0.1, 0.15) is 46.3 Å². The number of amides is 1. The van der Waals surface area contributed by atoms with E-state index in [-0.39, 0.29) is 11.3 Å². The van der Waals surface area contributed by atoms with Crippen LogP contribution in [0, 0.1) is 6.92 Å². The van der Waals surface area contributed by atoms with Crippen LogP contribution in [0.15, 0.2) is 30.3 Å². The number of para-hydroxylation sites is 1. The fourth-order valence-electron chi connectivity index (χ4n) is 2.21. The lowest BCUT2D eigenvalue weighted by Crippen LogP contribution is -2.18. The lowest BCUT2D eigenvalue weighted by molar-refractivity contribution is 0.0602. The van der Waals surface area contributed by atoms with Crippen LogP contribution in [0.3, 0.4) is 0 Å². The van der Waals surface area contributed by atoms with Gasteiger partial charge in [-0.3, -0.25) is 4.79 Å². The Balaban J connectivity index is 2.20. The summed E-state index contributed by atoms with van der Waals surface area (Å²) in [6.07, 6.45) is 2.04. The molecule has 1 amide bonds. The highest BCUT2D eigenvalue weighted by Gasteiger charge is 2.16. The van der Waals surface area contributed by atoms with E-state index in [2.05, 4.69) is 27.5 Å². The number of nitrogens with zero attached hydrogens (tertiary/aromatic N) is 2. The maximum atomic E-state index is 12.5. The van der Waals surface area contributed by atoms with Crippen molar-refractivity contribution in [3.8, 4) is 0 Å². The standard InChI is InChI=1S/C18H22N4O3/c1-4-5-10-19-18-20-12(2)11-15(22-18)16(23)21-14-9-7-6-8-13(14)17(24)25-3/h6-9,11H,4-5,10H2,1-3H3,(H,21,23)(H,19,20,22). The van der Waals surface area contributed by atoms with E-state index < -0.39 is 11.9 Å². The second-order valence-corrected chi connectivity index (χ2v) is 5.49. The van der Waals surface area contributed by atoms with Gasteiger partial charge in [0.15, 0.2) is 0 Å². The zero-order valence-corrected chi connectivity index (χ0v) is 14.6. The fourth-order valence-corrected chi connectivity index (χ4v) is 2.21. The van der Waals surface area contributed by atoms with E-state index in [0.717, 1.165) is 19.4 Å². The van der Waals surface area contributed by atoms with Gasteiger partial charge in [-0.1, -0.05) is 25.5 Å². The van der Waals surface area contributed by atoms with Gasteiger partial charge in [0.1, 0.15) is 5.69 Å². The molecule has 0 atom stereocenters. The Morgan fingerprint density at radius 3 is 2.68 bits per heavy atom. The molecule has 2 aromatic rings. The number of aryl methyl sites for hydroxylation is 1. The van der Waals surface area contributed by atoms with E-state index >= 15 is 0 Å². The molecule has 1 aromatic carbocycles. The summed E-state index contributed by atoms with van der Waals surface area (Å²) in [5, 5.41) is 5.81. The SMILES string of the molecule is CCCCNc1nc(C)cc(C(=O)Nc2ccccc2C(=O)OC)n1. The first-order chi connectivity index (χ1) is 12.0. The summed E-state index contributed by atoms with van der Waals surface area (Å²) in [7, 11) is 1.29. The monoisotopic (exact) mass is 342 g/mol. The first kappa shape index (κ1) is 18.4. The van der Waals surface area contributed by atoms with E-state index in [1.807, 2.05) is 0 Å². The number of hydrogen-bond acceptors (Lipinski definition) is 6. The summed E-state index contributed by atoms with van der Waals surface area (Å²) in [6.45, 7) is 4.63. The van der Waals surface area contributed by atoms with Crippen LogP contribution < -0.4 is 10.6 Å². The minimum atomic E-state index is -0.517. The van der Waals surface area contributed by atoms with Gasteiger partial charge in [-0.05, 0) is 31.5 Å². The largest absolute Gasteiger partial charge is 0.465 e. The number of unbranched alkanes of at least 4 members (excludes halogenated alkanes) is 1. The molecule has 132 valence electrons. The molecule has 2 rings (SSSR count). The predicted octanol–water partition coefficient (Wildman–Crippen LogP) is 3.04. The Morgan fingerprint density at radius 2 is 1.96 bits per heavy atom. The molecule has 0 fully saturated rings. The fraction of sp³-hybridized carbons (Fsp3) is 0.333. The van der Waals surface area contributed by atoms with Crippen molar-refractivity contribution in [2.75, 3.05) is 24.3 Å². The normalized spacial score (nSPS) is 10.2. The number of nitrogens with one attached hydrogen (secondary N) is 2. The second kappa shape index (κ2) is 8.77. The van der Waals surface area contributed by atoms with Gasteiger partial charge in [-0.2, -0.15) is 0 Å². The number of benzene rings is 1. The molecular weight excluding hydrogens is 320 g/mol. The van der Waals surface area contributed by atoms with Crippen LogP contribution in [0.25, 0.3) is 0 Å². The van der Waals surface area contributed by atoms with Crippen molar-refractivity contribution in [1.82, 2.24) is 9.97 Å². The average molecular weight is 342 g/mol. The molecule has 0 saturated carbocycles. The van der Waals surface area contributed by atoms with Gasteiger partial charge in [-0.15, -0.1) is 0 Å². The number of carbonyl (C=O) groups excluding carboxylic acids is 2. The average Bonchev–Trinajstić information content (AvgIpc) is 2.61. The molecule has 1 heterocycles. The van der Waals surface area contributed by atoms with Crippen molar-refractivity contribution in [2.45, 2.75) is 26.7 Å². The van der Waals surface area contributed by atoms with Gasteiger partial charge in [0.2, 0.25) is 5.95 Å². The lowest BCUT2D eigenvalue weighted by Gasteiger charge is -2.11. The van der Waals surface area contributed by atoms with E-state index in [0.29, 0.717) is 17.3 Å². The third-order valence-corrected chi connectivity index (χ3v) is 3.48. The molecule has 0 radical (unpaired) electrons.